The molecule has 0 radical (unpaired) electrons. The molecular weight excluding hydrogens is 779 g/mol. The third-order valence-electron chi connectivity index (χ3n) is 12.9. The summed E-state index contributed by atoms with van der Waals surface area (Å²) in [6, 6.07) is 91.6. The van der Waals surface area contributed by atoms with Crippen LogP contribution in [0.3, 0.4) is 0 Å². The maximum absolute atomic E-state index is 6.62. The molecule has 12 rings (SSSR count). The zero-order chi connectivity index (χ0) is 41.7. The molecule has 0 fully saturated rings. The maximum Gasteiger partial charge on any atom is 0.179 e. The highest BCUT2D eigenvalue weighted by atomic mass is 28.3. The maximum atomic E-state index is 6.62. The lowest BCUT2D eigenvalue weighted by Crippen LogP contribution is -2.74. The van der Waals surface area contributed by atoms with Crippen LogP contribution in [0.15, 0.2) is 253 Å². The minimum absolute atomic E-state index is 0.879. The zero-order valence-electron chi connectivity index (χ0n) is 34.5. The summed E-state index contributed by atoms with van der Waals surface area (Å²) in [4.78, 5) is 0. The van der Waals surface area contributed by atoms with Crippen molar-refractivity contribution >= 4 is 72.6 Å². The summed E-state index contributed by atoms with van der Waals surface area (Å²) in [7, 11) is -3.09. The molecular formula is C60H41NOSi. The van der Waals surface area contributed by atoms with E-state index in [9.17, 15) is 0 Å². The summed E-state index contributed by atoms with van der Waals surface area (Å²) >= 11 is 0. The van der Waals surface area contributed by atoms with Crippen molar-refractivity contribution < 1.29 is 4.42 Å². The molecule has 0 saturated heterocycles. The second-order valence-electron chi connectivity index (χ2n) is 16.4. The van der Waals surface area contributed by atoms with Crippen molar-refractivity contribution in [2.45, 2.75) is 0 Å². The van der Waals surface area contributed by atoms with Crippen LogP contribution in [0.1, 0.15) is 0 Å². The lowest BCUT2D eigenvalue weighted by atomic mass is 9.95. The van der Waals surface area contributed by atoms with Crippen molar-refractivity contribution in [1.29, 1.82) is 0 Å². The molecule has 2 aromatic heterocycles. The Balaban J connectivity index is 1.26. The number of hydrogen-bond acceptors (Lipinski definition) is 1. The monoisotopic (exact) mass is 819 g/mol. The summed E-state index contributed by atoms with van der Waals surface area (Å²) in [5, 5.41) is 9.96. The Morgan fingerprint density at radius 3 is 1.40 bits per heavy atom. The van der Waals surface area contributed by atoms with Gasteiger partial charge in [0.05, 0.1) is 16.7 Å². The third kappa shape index (κ3) is 6.00. The van der Waals surface area contributed by atoms with Gasteiger partial charge in [-0.1, -0.05) is 224 Å². The van der Waals surface area contributed by atoms with Gasteiger partial charge >= 0.3 is 0 Å². The molecule has 2 nitrogen and oxygen atoms in total. The van der Waals surface area contributed by atoms with Gasteiger partial charge in [0, 0.05) is 38.7 Å². The number of hydrogen-bond donors (Lipinski definition) is 0. The predicted molar refractivity (Wildman–Crippen MR) is 268 cm³/mol. The van der Waals surface area contributed by atoms with Gasteiger partial charge in [0.2, 0.25) is 0 Å². The first kappa shape index (κ1) is 36.8. The Labute approximate surface area is 367 Å². The normalized spacial score (nSPS) is 11.8. The summed E-state index contributed by atoms with van der Waals surface area (Å²) in [5.74, 6) is 0. The predicted octanol–water partition coefficient (Wildman–Crippen LogP) is 13.1. The first-order chi connectivity index (χ1) is 31.3. The van der Waals surface area contributed by atoms with Gasteiger partial charge < -0.3 is 8.98 Å². The second kappa shape index (κ2) is 15.2. The van der Waals surface area contributed by atoms with Crippen molar-refractivity contribution in [3.63, 3.8) is 0 Å². The van der Waals surface area contributed by atoms with Crippen LogP contribution in [-0.2, 0) is 0 Å². The number of aromatic nitrogens is 1. The molecule has 10 aromatic carbocycles. The molecule has 0 saturated carbocycles. The number of fused-ring (bicyclic) bond motifs is 6. The van der Waals surface area contributed by atoms with Crippen molar-refractivity contribution in [3.8, 4) is 39.1 Å². The molecule has 0 aliphatic heterocycles. The summed E-state index contributed by atoms with van der Waals surface area (Å²) in [5.41, 5.74) is 12.2. The van der Waals surface area contributed by atoms with Crippen molar-refractivity contribution in [3.05, 3.63) is 249 Å². The highest BCUT2D eigenvalue weighted by Gasteiger charge is 2.43. The van der Waals surface area contributed by atoms with Gasteiger partial charge in [-0.3, -0.25) is 0 Å². The highest BCUT2D eigenvalue weighted by molar-refractivity contribution is 7.20. The Hall–Kier alpha value is -7.98. The van der Waals surface area contributed by atoms with Crippen molar-refractivity contribution in [1.82, 2.24) is 4.57 Å². The molecule has 0 aliphatic carbocycles. The van der Waals surface area contributed by atoms with Crippen LogP contribution in [0, 0.1) is 0 Å². The minimum Gasteiger partial charge on any atom is -0.456 e. The zero-order valence-corrected chi connectivity index (χ0v) is 35.5. The van der Waals surface area contributed by atoms with Crippen LogP contribution in [-0.4, -0.2) is 12.6 Å². The van der Waals surface area contributed by atoms with E-state index in [4.69, 9.17) is 4.42 Å². The molecule has 0 aliphatic rings. The fourth-order valence-electron chi connectivity index (χ4n) is 10.1. The molecule has 12 aromatic rings. The average molecular weight is 820 g/mol. The number of benzene rings is 10. The number of rotatable bonds is 8. The standard InChI is InChI=1S/C60H41NOSi/c1-6-21-42(22-7-1)45-27-20-32-48(37-45)63(46-28-12-4-13-29-46,47-30-14-5-15-31-47)49-38-52(43-23-8-2-9-24-43)60(53(39-49)44-25-10-3-11-26-44)61-56-35-18-16-33-50(56)54-40-55-51-34-17-19-36-58(51)62-59(55)41-57(54)61/h1-41H. The summed E-state index contributed by atoms with van der Waals surface area (Å²) in [6.07, 6.45) is 0. The molecule has 0 amide bonds. The van der Waals surface area contributed by atoms with E-state index in [0.29, 0.717) is 0 Å². The fourth-order valence-corrected chi connectivity index (χ4v) is 15.0. The number of furan rings is 1. The third-order valence-corrected chi connectivity index (χ3v) is 17.7. The second-order valence-corrected chi connectivity index (χ2v) is 20.2. The lowest BCUT2D eigenvalue weighted by Gasteiger charge is -2.36. The van der Waals surface area contributed by atoms with E-state index < -0.39 is 8.07 Å². The average Bonchev–Trinajstić information content (AvgIpc) is 3.89. The van der Waals surface area contributed by atoms with Crippen molar-refractivity contribution in [2.75, 3.05) is 0 Å². The Bertz CT molecular complexity index is 3490. The first-order valence-corrected chi connectivity index (χ1v) is 23.7. The summed E-state index contributed by atoms with van der Waals surface area (Å²) in [6.45, 7) is 0. The van der Waals surface area contributed by atoms with Crippen LogP contribution >= 0.6 is 0 Å². The van der Waals surface area contributed by atoms with Gasteiger partial charge in [-0.25, -0.2) is 0 Å². The molecule has 0 unspecified atom stereocenters. The van der Waals surface area contributed by atoms with Gasteiger partial charge in [-0.2, -0.15) is 0 Å². The smallest absolute Gasteiger partial charge is 0.179 e. The quantitative estimate of drug-likeness (QED) is 0.110. The fraction of sp³-hybridized carbons (Fsp3) is 0. The van der Waals surface area contributed by atoms with Crippen LogP contribution in [0.25, 0.3) is 82.8 Å². The van der Waals surface area contributed by atoms with Crippen LogP contribution in [0.4, 0.5) is 0 Å². The van der Waals surface area contributed by atoms with Crippen molar-refractivity contribution in [2.24, 2.45) is 0 Å². The van der Waals surface area contributed by atoms with E-state index in [1.807, 2.05) is 6.07 Å². The van der Waals surface area contributed by atoms with Gasteiger partial charge in [-0.15, -0.1) is 0 Å². The first-order valence-electron chi connectivity index (χ1n) is 21.7. The highest BCUT2D eigenvalue weighted by Crippen LogP contribution is 2.43. The molecule has 296 valence electrons. The molecule has 2 heterocycles. The van der Waals surface area contributed by atoms with Crippen LogP contribution in [0.5, 0.6) is 0 Å². The largest absolute Gasteiger partial charge is 0.456 e. The van der Waals surface area contributed by atoms with Gasteiger partial charge in [0.25, 0.3) is 0 Å². The van der Waals surface area contributed by atoms with Gasteiger partial charge in [-0.05, 0) is 61.2 Å². The minimum atomic E-state index is -3.09. The molecule has 3 heteroatoms. The van der Waals surface area contributed by atoms with E-state index in [-0.39, 0.29) is 0 Å². The number of para-hydroxylation sites is 2. The molecule has 0 spiro atoms. The van der Waals surface area contributed by atoms with E-state index in [1.165, 1.54) is 53.8 Å². The molecule has 63 heavy (non-hydrogen) atoms. The van der Waals surface area contributed by atoms with E-state index in [1.54, 1.807) is 0 Å². The summed E-state index contributed by atoms with van der Waals surface area (Å²) < 4.78 is 9.13. The molecule has 0 atom stereocenters. The van der Waals surface area contributed by atoms with Gasteiger partial charge in [0.1, 0.15) is 11.2 Å². The SMILES string of the molecule is c1ccc(-c2cccc([Si](c3ccccc3)(c3ccccc3)c3cc(-c4ccccc4)c(-n4c5ccccc5c5cc6c(cc54)oc4ccccc46)c(-c4ccccc4)c3)c2)cc1. The Morgan fingerprint density at radius 1 is 0.286 bits per heavy atom. The van der Waals surface area contributed by atoms with Crippen LogP contribution in [0.2, 0.25) is 0 Å². The molecule has 0 bridgehead atoms. The van der Waals surface area contributed by atoms with E-state index >= 15 is 0 Å². The lowest BCUT2D eigenvalue weighted by molar-refractivity contribution is 0.669. The Morgan fingerprint density at radius 2 is 0.778 bits per heavy atom. The van der Waals surface area contributed by atoms with Crippen LogP contribution < -0.4 is 20.7 Å². The Kier molecular flexibility index (Phi) is 8.87. The van der Waals surface area contributed by atoms with E-state index in [0.717, 1.165) is 49.8 Å². The number of nitrogens with zero attached hydrogens (tertiary/aromatic N) is 1. The molecule has 0 N–H and O–H groups in total. The topological polar surface area (TPSA) is 18.1 Å². The van der Waals surface area contributed by atoms with Gasteiger partial charge in [0.15, 0.2) is 8.07 Å². The van der Waals surface area contributed by atoms with E-state index in [2.05, 4.69) is 247 Å².